The second kappa shape index (κ2) is 8.00. The average Bonchev–Trinajstić information content (AvgIpc) is 3.06. The van der Waals surface area contributed by atoms with Crippen molar-refractivity contribution < 1.29 is 9.15 Å². The van der Waals surface area contributed by atoms with Crippen molar-refractivity contribution in [3.05, 3.63) is 54.1 Å². The molecule has 1 aliphatic carbocycles. The largest absolute Gasteiger partial charge is 0.436 e. The number of para-hydroxylation sites is 2. The molecule has 2 unspecified atom stereocenters. The molecular weight excluding hydrogens is 336 g/mol. The molecule has 1 fully saturated rings. The molecule has 25 heavy (non-hydrogen) atoms. The van der Waals surface area contributed by atoms with Crippen molar-refractivity contribution in [2.75, 3.05) is 0 Å². The predicted molar refractivity (Wildman–Crippen MR) is 102 cm³/mol. The van der Waals surface area contributed by atoms with Crippen LogP contribution < -0.4 is 5.73 Å². The first-order valence-corrected chi connectivity index (χ1v) is 8.62. The molecule has 1 aliphatic rings. The van der Waals surface area contributed by atoms with Gasteiger partial charge in [0.05, 0.1) is 12.7 Å². The molecule has 2 N–H and O–H groups in total. The van der Waals surface area contributed by atoms with E-state index < -0.39 is 0 Å². The maximum Gasteiger partial charge on any atom is 0.227 e. The zero-order valence-electron chi connectivity index (χ0n) is 14.1. The van der Waals surface area contributed by atoms with E-state index in [0.29, 0.717) is 12.5 Å². The Labute approximate surface area is 153 Å². The fraction of sp³-hybridized carbons (Fsp3) is 0.350. The molecule has 0 spiro atoms. The zero-order chi connectivity index (χ0) is 16.4. The molecule has 5 heteroatoms. The van der Waals surface area contributed by atoms with E-state index in [-0.39, 0.29) is 24.6 Å². The Morgan fingerprint density at radius 3 is 2.56 bits per heavy atom. The number of nitrogens with two attached hydrogens (primary N) is 1. The second-order valence-corrected chi connectivity index (χ2v) is 6.48. The highest BCUT2D eigenvalue weighted by Crippen LogP contribution is 2.25. The quantitative estimate of drug-likeness (QED) is 0.734. The van der Waals surface area contributed by atoms with Crippen LogP contribution in [0.3, 0.4) is 0 Å². The third-order valence-electron chi connectivity index (χ3n) is 4.71. The molecule has 0 radical (unpaired) electrons. The van der Waals surface area contributed by atoms with Crippen molar-refractivity contribution in [2.45, 2.75) is 44.4 Å². The summed E-state index contributed by atoms with van der Waals surface area (Å²) in [5.41, 5.74) is 9.95. The fourth-order valence-electron chi connectivity index (χ4n) is 3.27. The Hall–Kier alpha value is -1.88. The smallest absolute Gasteiger partial charge is 0.227 e. The number of hydrogen-bond donors (Lipinski definition) is 1. The first kappa shape index (κ1) is 17.9. The van der Waals surface area contributed by atoms with Crippen LogP contribution in [0.25, 0.3) is 22.6 Å². The molecule has 3 aromatic rings. The summed E-state index contributed by atoms with van der Waals surface area (Å²) in [6, 6.07) is 16.2. The normalized spacial score (nSPS) is 20.4. The van der Waals surface area contributed by atoms with Gasteiger partial charge in [-0.15, -0.1) is 12.4 Å². The van der Waals surface area contributed by atoms with Crippen molar-refractivity contribution in [2.24, 2.45) is 5.73 Å². The molecule has 0 amide bonds. The molecule has 0 saturated heterocycles. The Morgan fingerprint density at radius 1 is 1.04 bits per heavy atom. The molecule has 1 aromatic heterocycles. The maximum atomic E-state index is 6.13. The Balaban J connectivity index is 0.00000182. The van der Waals surface area contributed by atoms with E-state index in [1.165, 1.54) is 12.8 Å². The van der Waals surface area contributed by atoms with E-state index in [2.05, 4.69) is 17.1 Å². The minimum absolute atomic E-state index is 0. The van der Waals surface area contributed by atoms with Gasteiger partial charge in [-0.25, -0.2) is 4.98 Å². The van der Waals surface area contributed by atoms with Crippen LogP contribution in [0.1, 0.15) is 31.2 Å². The van der Waals surface area contributed by atoms with Crippen LogP contribution in [0.4, 0.5) is 0 Å². The molecule has 132 valence electrons. The van der Waals surface area contributed by atoms with Crippen LogP contribution in [0.15, 0.2) is 52.9 Å². The number of fused-ring (bicyclic) bond motifs is 1. The van der Waals surface area contributed by atoms with Crippen LogP contribution in [-0.4, -0.2) is 17.1 Å². The Bertz CT molecular complexity index is 783. The summed E-state index contributed by atoms with van der Waals surface area (Å²) in [4.78, 5) is 4.53. The van der Waals surface area contributed by atoms with Gasteiger partial charge < -0.3 is 14.9 Å². The number of ether oxygens (including phenoxy) is 1. The fourth-order valence-corrected chi connectivity index (χ4v) is 3.27. The topological polar surface area (TPSA) is 61.3 Å². The van der Waals surface area contributed by atoms with Crippen molar-refractivity contribution in [1.29, 1.82) is 0 Å². The lowest BCUT2D eigenvalue weighted by atomic mass is 9.93. The highest BCUT2D eigenvalue weighted by atomic mass is 35.5. The summed E-state index contributed by atoms with van der Waals surface area (Å²) in [5.74, 6) is 0.651. The SMILES string of the molecule is Cl.NC1CCCCC1OCc1ccc(-c2nc3ccccc3o2)cc1. The van der Waals surface area contributed by atoms with Crippen LogP contribution in [-0.2, 0) is 11.3 Å². The van der Waals surface area contributed by atoms with E-state index in [0.717, 1.165) is 35.1 Å². The van der Waals surface area contributed by atoms with Gasteiger partial charge in [0.25, 0.3) is 0 Å². The monoisotopic (exact) mass is 358 g/mol. The lowest BCUT2D eigenvalue weighted by Gasteiger charge is -2.28. The van der Waals surface area contributed by atoms with Crippen molar-refractivity contribution in [1.82, 2.24) is 4.98 Å². The minimum Gasteiger partial charge on any atom is -0.436 e. The van der Waals surface area contributed by atoms with Crippen LogP contribution in [0.5, 0.6) is 0 Å². The number of benzene rings is 2. The summed E-state index contributed by atoms with van der Waals surface area (Å²) in [5, 5.41) is 0. The number of aromatic nitrogens is 1. The molecule has 1 saturated carbocycles. The molecular formula is C20H23ClN2O2. The van der Waals surface area contributed by atoms with Gasteiger partial charge >= 0.3 is 0 Å². The Kier molecular flexibility index (Phi) is 5.74. The van der Waals surface area contributed by atoms with Crippen molar-refractivity contribution in [3.63, 3.8) is 0 Å². The van der Waals surface area contributed by atoms with Gasteiger partial charge in [0, 0.05) is 11.6 Å². The molecule has 1 heterocycles. The first-order valence-electron chi connectivity index (χ1n) is 8.62. The lowest BCUT2D eigenvalue weighted by Crippen LogP contribution is -2.39. The summed E-state index contributed by atoms with van der Waals surface area (Å²) in [6.45, 7) is 0.603. The number of nitrogens with zero attached hydrogens (tertiary/aromatic N) is 1. The number of oxazole rings is 1. The highest BCUT2D eigenvalue weighted by molar-refractivity contribution is 5.85. The predicted octanol–water partition coefficient (Wildman–Crippen LogP) is 4.70. The van der Waals surface area contributed by atoms with E-state index in [9.17, 15) is 0 Å². The standard InChI is InChI=1S/C20H22N2O2.ClH/c21-16-5-1-3-7-18(16)23-13-14-9-11-15(12-10-14)20-22-17-6-2-4-8-19(17)24-20;/h2,4,6,8-12,16,18H,1,3,5,7,13,21H2;1H. The second-order valence-electron chi connectivity index (χ2n) is 6.48. The molecule has 2 aromatic carbocycles. The number of rotatable bonds is 4. The highest BCUT2D eigenvalue weighted by Gasteiger charge is 2.22. The third kappa shape index (κ3) is 4.03. The summed E-state index contributed by atoms with van der Waals surface area (Å²) < 4.78 is 11.8. The first-order chi connectivity index (χ1) is 11.8. The molecule has 0 aliphatic heterocycles. The Morgan fingerprint density at radius 2 is 1.80 bits per heavy atom. The van der Waals surface area contributed by atoms with Gasteiger partial charge in [-0.1, -0.05) is 37.1 Å². The van der Waals surface area contributed by atoms with E-state index in [1.54, 1.807) is 0 Å². The average molecular weight is 359 g/mol. The van der Waals surface area contributed by atoms with Crippen LogP contribution >= 0.6 is 12.4 Å². The van der Waals surface area contributed by atoms with Gasteiger partial charge in [-0.05, 0) is 42.7 Å². The summed E-state index contributed by atoms with van der Waals surface area (Å²) in [7, 11) is 0. The summed E-state index contributed by atoms with van der Waals surface area (Å²) >= 11 is 0. The number of hydrogen-bond acceptors (Lipinski definition) is 4. The van der Waals surface area contributed by atoms with E-state index in [4.69, 9.17) is 14.9 Å². The maximum absolute atomic E-state index is 6.13. The molecule has 4 nitrogen and oxygen atoms in total. The van der Waals surface area contributed by atoms with Crippen molar-refractivity contribution in [3.8, 4) is 11.5 Å². The van der Waals surface area contributed by atoms with Gasteiger partial charge in [0.1, 0.15) is 5.52 Å². The lowest BCUT2D eigenvalue weighted by molar-refractivity contribution is 0.00405. The van der Waals surface area contributed by atoms with Crippen molar-refractivity contribution >= 4 is 23.5 Å². The van der Waals surface area contributed by atoms with Gasteiger partial charge in [-0.3, -0.25) is 0 Å². The van der Waals surface area contributed by atoms with Gasteiger partial charge in [0.15, 0.2) is 5.58 Å². The van der Waals surface area contributed by atoms with Crippen LogP contribution in [0.2, 0.25) is 0 Å². The van der Waals surface area contributed by atoms with Gasteiger partial charge in [-0.2, -0.15) is 0 Å². The van der Waals surface area contributed by atoms with E-state index >= 15 is 0 Å². The number of halogens is 1. The third-order valence-corrected chi connectivity index (χ3v) is 4.71. The zero-order valence-corrected chi connectivity index (χ0v) is 14.9. The minimum atomic E-state index is 0. The molecule has 2 atom stereocenters. The molecule has 0 bridgehead atoms. The summed E-state index contributed by atoms with van der Waals surface area (Å²) in [6.07, 6.45) is 4.77. The van der Waals surface area contributed by atoms with Gasteiger partial charge in [0.2, 0.25) is 5.89 Å². The molecule has 4 rings (SSSR count). The van der Waals surface area contributed by atoms with Crippen LogP contribution in [0, 0.1) is 0 Å². The van der Waals surface area contributed by atoms with E-state index in [1.807, 2.05) is 36.4 Å².